The highest BCUT2D eigenvalue weighted by atomic mass is 32.2. The maximum absolute atomic E-state index is 13.1. The highest BCUT2D eigenvalue weighted by Gasteiger charge is 2.68. The first-order valence-electron chi connectivity index (χ1n) is 8.93. The molecule has 2 aromatic rings. The van der Waals surface area contributed by atoms with Gasteiger partial charge >= 0.3 is 5.97 Å². The Balaban J connectivity index is 1.65. The zero-order valence-corrected chi connectivity index (χ0v) is 16.0. The van der Waals surface area contributed by atoms with Crippen LogP contribution in [0.2, 0.25) is 0 Å². The Labute approximate surface area is 161 Å². The number of ether oxygens (including phenoxy) is 1. The Morgan fingerprint density at radius 1 is 1.11 bits per heavy atom. The number of amides is 1. The Kier molecular flexibility index (Phi) is 4.48. The van der Waals surface area contributed by atoms with Crippen molar-refractivity contribution in [3.63, 3.8) is 0 Å². The van der Waals surface area contributed by atoms with Crippen molar-refractivity contribution in [2.24, 2.45) is 0 Å². The van der Waals surface area contributed by atoms with Gasteiger partial charge < -0.3 is 9.29 Å². The summed E-state index contributed by atoms with van der Waals surface area (Å²) in [6.45, 7) is 3.53. The monoisotopic (exact) mass is 383 g/mol. The van der Waals surface area contributed by atoms with Crippen molar-refractivity contribution in [3.8, 4) is 0 Å². The number of esters is 1. The van der Waals surface area contributed by atoms with Gasteiger partial charge in [-0.05, 0) is 36.2 Å². The topological polar surface area (TPSA) is 69.7 Å². The number of carbonyl (C=O) groups excluding carboxylic acids is 2. The summed E-state index contributed by atoms with van der Waals surface area (Å²) in [4.78, 5) is 26.7. The standard InChI is InChI=1S/C21H21NO4S/c1-21(2)19(22-16(23)13-17(22)27(21)25)20(24)26-18(14-9-5-3-6-10-14)15-11-7-4-8-12-15/h3-12,17-19H,13H2,1-2H3/t17-,19+,27?/m1/s1. The van der Waals surface area contributed by atoms with Crippen LogP contribution in [0, 0.1) is 0 Å². The van der Waals surface area contributed by atoms with E-state index in [9.17, 15) is 14.1 Å². The smallest absolute Gasteiger partial charge is 0.335 e. The van der Waals surface area contributed by atoms with Crippen LogP contribution in [-0.2, 0) is 25.5 Å². The average molecular weight is 383 g/mol. The molecule has 5 nitrogen and oxygen atoms in total. The highest BCUT2D eigenvalue weighted by molar-refractivity contribution is 7.93. The average Bonchev–Trinajstić information content (AvgIpc) is 2.84. The molecule has 2 fully saturated rings. The van der Waals surface area contributed by atoms with E-state index >= 15 is 0 Å². The van der Waals surface area contributed by atoms with Crippen LogP contribution in [0.1, 0.15) is 37.5 Å². The summed E-state index contributed by atoms with van der Waals surface area (Å²) < 4.78 is 17.8. The van der Waals surface area contributed by atoms with E-state index in [0.717, 1.165) is 11.1 Å². The summed E-state index contributed by atoms with van der Waals surface area (Å²) >= 11 is -1.29. The van der Waals surface area contributed by atoms with Crippen molar-refractivity contribution < 1.29 is 18.9 Å². The van der Waals surface area contributed by atoms with Crippen LogP contribution in [0.5, 0.6) is 0 Å². The number of fused-ring (bicyclic) bond motifs is 1. The van der Waals surface area contributed by atoms with Gasteiger partial charge in [-0.2, -0.15) is 0 Å². The lowest BCUT2D eigenvalue weighted by Crippen LogP contribution is -2.57. The highest BCUT2D eigenvalue weighted by Crippen LogP contribution is 2.46. The summed E-state index contributed by atoms with van der Waals surface area (Å²) in [5, 5.41) is -0.378. The molecule has 0 aliphatic carbocycles. The number of carbonyl (C=O) groups is 2. The van der Waals surface area contributed by atoms with Gasteiger partial charge in [0.1, 0.15) is 0 Å². The van der Waals surface area contributed by atoms with Gasteiger partial charge in [-0.3, -0.25) is 9.69 Å². The van der Waals surface area contributed by atoms with Crippen LogP contribution in [0.4, 0.5) is 0 Å². The van der Waals surface area contributed by atoms with Crippen LogP contribution in [-0.4, -0.2) is 37.5 Å². The van der Waals surface area contributed by atoms with Gasteiger partial charge in [-0.15, -0.1) is 0 Å². The number of rotatable bonds is 4. The minimum absolute atomic E-state index is 0.142. The number of β-lactam (4-membered cyclic amide) rings is 1. The first kappa shape index (κ1) is 18.1. The summed E-state index contributed by atoms with van der Waals surface area (Å²) in [5.74, 6) is -0.654. The van der Waals surface area contributed by atoms with E-state index in [0.29, 0.717) is 0 Å². The van der Waals surface area contributed by atoms with Gasteiger partial charge in [-0.1, -0.05) is 60.7 Å². The molecule has 3 atom stereocenters. The van der Waals surface area contributed by atoms with E-state index in [1.807, 2.05) is 60.7 Å². The predicted molar refractivity (Wildman–Crippen MR) is 102 cm³/mol. The Morgan fingerprint density at radius 3 is 2.11 bits per heavy atom. The van der Waals surface area contributed by atoms with Crippen molar-refractivity contribution in [3.05, 3.63) is 71.8 Å². The third-order valence-corrected chi connectivity index (χ3v) is 7.46. The van der Waals surface area contributed by atoms with Gasteiger partial charge in [0.15, 0.2) is 16.9 Å². The molecular weight excluding hydrogens is 362 g/mol. The molecule has 0 radical (unpaired) electrons. The van der Waals surface area contributed by atoms with E-state index in [2.05, 4.69) is 0 Å². The molecule has 2 aliphatic rings. The fraction of sp³-hybridized carbons (Fsp3) is 0.333. The molecule has 27 heavy (non-hydrogen) atoms. The zero-order valence-electron chi connectivity index (χ0n) is 15.2. The number of nitrogens with zero attached hydrogens (tertiary/aromatic N) is 1. The SMILES string of the molecule is CC1(C)[C@H](C(=O)OC(c2ccccc2)c2ccccc2)N2C(=O)C[C@H]2[S+]1[O-]. The third-order valence-electron chi connectivity index (χ3n) is 5.31. The molecule has 0 aromatic heterocycles. The second-order valence-electron chi connectivity index (χ2n) is 7.40. The molecule has 1 unspecified atom stereocenters. The molecule has 0 spiro atoms. The van der Waals surface area contributed by atoms with Crippen LogP contribution < -0.4 is 0 Å². The van der Waals surface area contributed by atoms with Crippen LogP contribution >= 0.6 is 0 Å². The van der Waals surface area contributed by atoms with Gasteiger partial charge in [0.25, 0.3) is 0 Å². The summed E-state index contributed by atoms with van der Waals surface area (Å²) in [6, 6.07) is 18.2. The molecule has 0 N–H and O–H groups in total. The minimum atomic E-state index is -1.29. The zero-order chi connectivity index (χ0) is 19.2. The number of benzene rings is 2. The fourth-order valence-corrected chi connectivity index (χ4v) is 5.72. The van der Waals surface area contributed by atoms with E-state index in [-0.39, 0.29) is 17.7 Å². The quantitative estimate of drug-likeness (QED) is 0.462. The van der Waals surface area contributed by atoms with E-state index in [1.165, 1.54) is 4.90 Å². The molecule has 6 heteroatoms. The lowest BCUT2D eigenvalue weighted by atomic mass is 9.97. The molecule has 140 valence electrons. The second kappa shape index (κ2) is 6.69. The number of hydrogen-bond donors (Lipinski definition) is 0. The molecule has 2 aliphatic heterocycles. The summed E-state index contributed by atoms with van der Waals surface area (Å²) in [7, 11) is 0. The van der Waals surface area contributed by atoms with Crippen molar-refractivity contribution in [1.82, 2.24) is 4.90 Å². The Morgan fingerprint density at radius 2 is 1.63 bits per heavy atom. The summed E-state index contributed by atoms with van der Waals surface area (Å²) in [5.41, 5.74) is 1.70. The molecule has 2 aromatic carbocycles. The van der Waals surface area contributed by atoms with Crippen molar-refractivity contribution in [1.29, 1.82) is 0 Å². The molecular formula is C21H21NO4S. The van der Waals surface area contributed by atoms with E-state index < -0.39 is 34.0 Å². The van der Waals surface area contributed by atoms with Crippen molar-refractivity contribution in [2.45, 2.75) is 42.5 Å². The number of hydrogen-bond acceptors (Lipinski definition) is 4. The maximum atomic E-state index is 13.1. The van der Waals surface area contributed by atoms with Crippen molar-refractivity contribution >= 4 is 23.1 Å². The molecule has 1 amide bonds. The first-order valence-corrected chi connectivity index (χ1v) is 10.1. The van der Waals surface area contributed by atoms with Crippen LogP contribution in [0.15, 0.2) is 60.7 Å². The lowest BCUT2D eigenvalue weighted by molar-refractivity contribution is -0.164. The normalized spacial score (nSPS) is 25.9. The summed E-state index contributed by atoms with van der Waals surface area (Å²) in [6.07, 6.45) is -0.347. The minimum Gasteiger partial charge on any atom is -0.614 e. The molecule has 4 rings (SSSR count). The van der Waals surface area contributed by atoms with E-state index in [1.54, 1.807) is 13.8 Å². The second-order valence-corrected chi connectivity index (χ2v) is 9.59. The molecule has 0 saturated carbocycles. The third kappa shape index (κ3) is 2.93. The fourth-order valence-electron chi connectivity index (χ4n) is 3.85. The molecule has 2 saturated heterocycles. The van der Waals surface area contributed by atoms with Crippen LogP contribution in [0.25, 0.3) is 0 Å². The Hall–Kier alpha value is -2.31. The molecule has 2 heterocycles. The van der Waals surface area contributed by atoms with Gasteiger partial charge in [0, 0.05) is 0 Å². The predicted octanol–water partition coefficient (Wildman–Crippen LogP) is 2.79. The van der Waals surface area contributed by atoms with Gasteiger partial charge in [0.05, 0.1) is 6.42 Å². The van der Waals surface area contributed by atoms with E-state index in [4.69, 9.17) is 4.74 Å². The van der Waals surface area contributed by atoms with Crippen LogP contribution in [0.3, 0.4) is 0 Å². The Bertz CT molecular complexity index is 816. The maximum Gasteiger partial charge on any atom is 0.335 e. The lowest BCUT2D eigenvalue weighted by Gasteiger charge is -2.34. The largest absolute Gasteiger partial charge is 0.614 e. The van der Waals surface area contributed by atoms with Crippen molar-refractivity contribution in [2.75, 3.05) is 0 Å². The first-order chi connectivity index (χ1) is 12.9. The van der Waals surface area contributed by atoms with Gasteiger partial charge in [-0.25, -0.2) is 4.79 Å². The molecule has 0 bridgehead atoms. The van der Waals surface area contributed by atoms with Gasteiger partial charge in [0.2, 0.25) is 11.3 Å².